The predicted molar refractivity (Wildman–Crippen MR) is 72.6 cm³/mol. The fraction of sp³-hybridized carbons (Fsp3) is 0.500. The lowest BCUT2D eigenvalue weighted by Crippen LogP contribution is -2.11. The van der Waals surface area contributed by atoms with Gasteiger partial charge in [-0.3, -0.25) is 0 Å². The first kappa shape index (κ1) is 15.5. The number of hydrogen-bond acceptors (Lipinski definition) is 2. The van der Waals surface area contributed by atoms with Crippen LogP contribution in [-0.4, -0.2) is 18.6 Å². The molecule has 0 aliphatic heterocycles. The molecule has 0 radical (unpaired) electrons. The number of unbranched alkanes of at least 4 members (excludes halogenated alkanes) is 1. The minimum atomic E-state index is -4.38. The minimum Gasteiger partial charge on any atom is -0.385 e. The summed E-state index contributed by atoms with van der Waals surface area (Å²) in [5, 5.41) is 2.91. The first-order chi connectivity index (χ1) is 8.45. The van der Waals surface area contributed by atoms with Gasteiger partial charge in [0.1, 0.15) is 0 Å². The molecule has 0 heterocycles. The van der Waals surface area contributed by atoms with Gasteiger partial charge < -0.3 is 5.32 Å². The van der Waals surface area contributed by atoms with Crippen LogP contribution in [0, 0.1) is 0 Å². The average molecular weight is 298 g/mol. The van der Waals surface area contributed by atoms with Gasteiger partial charge in [0.05, 0.1) is 5.56 Å². The second-order valence-electron chi connectivity index (χ2n) is 3.81. The molecule has 102 valence electrons. The van der Waals surface area contributed by atoms with Gasteiger partial charge in [0, 0.05) is 17.3 Å². The number of halogens is 4. The highest BCUT2D eigenvalue weighted by Crippen LogP contribution is 2.36. The van der Waals surface area contributed by atoms with E-state index in [4.69, 9.17) is 11.6 Å². The molecule has 0 bridgehead atoms. The van der Waals surface area contributed by atoms with Gasteiger partial charge in [-0.05, 0) is 43.0 Å². The molecule has 18 heavy (non-hydrogen) atoms. The topological polar surface area (TPSA) is 12.0 Å². The maximum atomic E-state index is 12.8. The Balaban J connectivity index is 2.65. The van der Waals surface area contributed by atoms with Crippen molar-refractivity contribution in [3.8, 4) is 0 Å². The summed E-state index contributed by atoms with van der Waals surface area (Å²) in [6.07, 6.45) is -0.537. The Morgan fingerprint density at radius 1 is 1.28 bits per heavy atom. The molecular weight excluding hydrogens is 283 g/mol. The van der Waals surface area contributed by atoms with Crippen molar-refractivity contribution >= 4 is 29.1 Å². The highest BCUT2D eigenvalue weighted by Gasteiger charge is 2.33. The SMILES string of the molecule is CSCCCCNc1ccc(Cl)cc1C(F)(F)F. The van der Waals surface area contributed by atoms with Crippen LogP contribution >= 0.6 is 23.4 Å². The molecule has 0 spiro atoms. The van der Waals surface area contributed by atoms with Crippen LogP contribution in [0.4, 0.5) is 18.9 Å². The van der Waals surface area contributed by atoms with Gasteiger partial charge in [-0.25, -0.2) is 0 Å². The van der Waals surface area contributed by atoms with E-state index in [-0.39, 0.29) is 10.7 Å². The van der Waals surface area contributed by atoms with Crippen molar-refractivity contribution in [1.29, 1.82) is 0 Å². The van der Waals surface area contributed by atoms with E-state index >= 15 is 0 Å². The predicted octanol–water partition coefficient (Wildman–Crippen LogP) is 4.91. The average Bonchev–Trinajstić information content (AvgIpc) is 2.29. The Labute approximate surface area is 114 Å². The fourth-order valence-electron chi connectivity index (χ4n) is 1.50. The molecule has 0 aliphatic rings. The van der Waals surface area contributed by atoms with Crippen LogP contribution in [0.15, 0.2) is 18.2 Å². The number of anilines is 1. The third-order valence-electron chi connectivity index (χ3n) is 2.38. The molecule has 1 aromatic carbocycles. The summed E-state index contributed by atoms with van der Waals surface area (Å²) in [5.41, 5.74) is -0.615. The van der Waals surface area contributed by atoms with Crippen LogP contribution in [-0.2, 0) is 6.18 Å². The zero-order chi connectivity index (χ0) is 13.6. The number of nitrogens with one attached hydrogen (secondary N) is 1. The molecule has 1 N–H and O–H groups in total. The molecule has 0 saturated heterocycles. The minimum absolute atomic E-state index is 0.0928. The Bertz CT molecular complexity index is 382. The third-order valence-corrected chi connectivity index (χ3v) is 3.31. The zero-order valence-electron chi connectivity index (χ0n) is 9.98. The quantitative estimate of drug-likeness (QED) is 0.748. The molecule has 0 atom stereocenters. The molecule has 1 aromatic rings. The summed E-state index contributed by atoms with van der Waals surface area (Å²) in [5.74, 6) is 1.02. The van der Waals surface area contributed by atoms with Gasteiger partial charge in [0.2, 0.25) is 0 Å². The van der Waals surface area contributed by atoms with Crippen LogP contribution in [0.25, 0.3) is 0 Å². The smallest absolute Gasteiger partial charge is 0.385 e. The molecule has 6 heteroatoms. The first-order valence-electron chi connectivity index (χ1n) is 5.54. The molecular formula is C12H15ClF3NS. The molecule has 0 aliphatic carbocycles. The molecule has 0 saturated carbocycles. The molecule has 1 rings (SSSR count). The molecule has 0 amide bonds. The van der Waals surface area contributed by atoms with E-state index in [1.165, 1.54) is 12.1 Å². The lowest BCUT2D eigenvalue weighted by Gasteiger charge is -2.14. The Morgan fingerprint density at radius 3 is 2.61 bits per heavy atom. The highest BCUT2D eigenvalue weighted by molar-refractivity contribution is 7.98. The van der Waals surface area contributed by atoms with Crippen molar-refractivity contribution < 1.29 is 13.2 Å². The first-order valence-corrected chi connectivity index (χ1v) is 7.32. The van der Waals surface area contributed by atoms with Crippen molar-refractivity contribution in [3.05, 3.63) is 28.8 Å². The van der Waals surface area contributed by atoms with Gasteiger partial charge in [0.25, 0.3) is 0 Å². The van der Waals surface area contributed by atoms with Gasteiger partial charge in [-0.1, -0.05) is 11.6 Å². The van der Waals surface area contributed by atoms with Gasteiger partial charge >= 0.3 is 6.18 Å². The zero-order valence-corrected chi connectivity index (χ0v) is 11.6. The number of hydrogen-bond donors (Lipinski definition) is 1. The summed E-state index contributed by atoms with van der Waals surface area (Å²) in [7, 11) is 0. The van der Waals surface area contributed by atoms with Gasteiger partial charge in [-0.15, -0.1) is 0 Å². The number of rotatable bonds is 6. The summed E-state index contributed by atoms with van der Waals surface area (Å²) in [6, 6.07) is 3.78. The summed E-state index contributed by atoms with van der Waals surface area (Å²) in [6.45, 7) is 0.533. The van der Waals surface area contributed by atoms with Gasteiger partial charge in [-0.2, -0.15) is 24.9 Å². The van der Waals surface area contributed by atoms with E-state index in [2.05, 4.69) is 5.32 Å². The highest BCUT2D eigenvalue weighted by atomic mass is 35.5. The monoisotopic (exact) mass is 297 g/mol. The van der Waals surface area contributed by atoms with E-state index in [1.807, 2.05) is 6.26 Å². The number of alkyl halides is 3. The van der Waals surface area contributed by atoms with Crippen LogP contribution < -0.4 is 5.32 Å². The fourth-order valence-corrected chi connectivity index (χ4v) is 2.16. The Hall–Kier alpha value is -0.550. The van der Waals surface area contributed by atoms with Crippen LogP contribution in [0.1, 0.15) is 18.4 Å². The largest absolute Gasteiger partial charge is 0.418 e. The van der Waals surface area contributed by atoms with E-state index in [0.29, 0.717) is 6.54 Å². The van der Waals surface area contributed by atoms with Crippen molar-refractivity contribution in [1.82, 2.24) is 0 Å². The Morgan fingerprint density at radius 2 is 2.00 bits per heavy atom. The third kappa shape index (κ3) is 4.98. The summed E-state index contributed by atoms with van der Waals surface area (Å²) >= 11 is 7.33. The Kier molecular flexibility index (Phi) is 6.15. The van der Waals surface area contributed by atoms with E-state index < -0.39 is 11.7 Å². The van der Waals surface area contributed by atoms with Crippen molar-refractivity contribution in [2.75, 3.05) is 23.9 Å². The van der Waals surface area contributed by atoms with E-state index in [1.54, 1.807) is 11.8 Å². The van der Waals surface area contributed by atoms with Crippen molar-refractivity contribution in [2.45, 2.75) is 19.0 Å². The second kappa shape index (κ2) is 7.14. The standard InChI is InChI=1S/C12H15ClF3NS/c1-18-7-3-2-6-17-11-5-4-9(13)8-10(11)12(14,15)16/h4-5,8,17H,2-3,6-7H2,1H3. The lowest BCUT2D eigenvalue weighted by atomic mass is 10.1. The second-order valence-corrected chi connectivity index (χ2v) is 5.24. The van der Waals surface area contributed by atoms with Crippen LogP contribution in [0.5, 0.6) is 0 Å². The van der Waals surface area contributed by atoms with Crippen molar-refractivity contribution in [2.24, 2.45) is 0 Å². The summed E-state index contributed by atoms with van der Waals surface area (Å²) < 4.78 is 38.3. The van der Waals surface area contributed by atoms with Crippen molar-refractivity contribution in [3.63, 3.8) is 0 Å². The maximum Gasteiger partial charge on any atom is 0.418 e. The van der Waals surface area contributed by atoms with E-state index in [0.717, 1.165) is 24.7 Å². The number of thioether (sulfide) groups is 1. The van der Waals surface area contributed by atoms with E-state index in [9.17, 15) is 13.2 Å². The number of benzene rings is 1. The van der Waals surface area contributed by atoms with Crippen LogP contribution in [0.2, 0.25) is 5.02 Å². The molecule has 0 unspecified atom stereocenters. The van der Waals surface area contributed by atoms with Crippen LogP contribution in [0.3, 0.4) is 0 Å². The van der Waals surface area contributed by atoms with Gasteiger partial charge in [0.15, 0.2) is 0 Å². The molecule has 0 fully saturated rings. The maximum absolute atomic E-state index is 12.8. The molecule has 0 aromatic heterocycles. The lowest BCUT2D eigenvalue weighted by molar-refractivity contribution is -0.136. The molecule has 1 nitrogen and oxygen atoms in total. The summed E-state index contributed by atoms with van der Waals surface area (Å²) in [4.78, 5) is 0. The normalized spacial score (nSPS) is 11.6.